The van der Waals surface area contributed by atoms with Crippen molar-refractivity contribution < 1.29 is 0 Å². The zero-order valence-electron chi connectivity index (χ0n) is 70.4. The second-order valence-electron chi connectivity index (χ2n) is 33.3. The van der Waals surface area contributed by atoms with Crippen LogP contribution in [0.1, 0.15) is 47.2 Å². The molecule has 20 aromatic rings. The lowest BCUT2D eigenvalue weighted by atomic mass is 9.67. The van der Waals surface area contributed by atoms with Crippen molar-refractivity contribution in [3.8, 4) is 134 Å². The maximum absolute atomic E-state index is 2.52. The molecule has 126 heavy (non-hydrogen) atoms. The van der Waals surface area contributed by atoms with Gasteiger partial charge in [-0.3, -0.25) is 0 Å². The van der Waals surface area contributed by atoms with Gasteiger partial charge in [0.05, 0.1) is 16.8 Å². The number of fused-ring (bicyclic) bond motifs is 6. The lowest BCUT2D eigenvalue weighted by Crippen LogP contribution is -2.28. The van der Waals surface area contributed by atoms with Crippen molar-refractivity contribution in [2.75, 3.05) is 9.80 Å². The Morgan fingerprint density at radius 2 is 0.357 bits per heavy atom. The molecule has 20 aromatic carbocycles. The van der Waals surface area contributed by atoms with Crippen LogP contribution in [0.15, 0.2) is 510 Å². The van der Waals surface area contributed by atoms with Crippen LogP contribution >= 0.6 is 0 Å². The van der Waals surface area contributed by atoms with E-state index in [-0.39, 0.29) is 5.41 Å². The summed E-state index contributed by atoms with van der Waals surface area (Å²) >= 11 is 0. The number of rotatable bonds is 18. The number of benzene rings is 20. The molecule has 0 N–H and O–H groups in total. The van der Waals surface area contributed by atoms with Crippen molar-refractivity contribution in [3.63, 3.8) is 0 Å². The van der Waals surface area contributed by atoms with Crippen molar-refractivity contribution in [1.29, 1.82) is 0 Å². The van der Waals surface area contributed by atoms with Gasteiger partial charge in [0, 0.05) is 50.4 Å². The molecule has 0 heterocycles. The van der Waals surface area contributed by atoms with Crippen LogP contribution in [0.4, 0.5) is 34.1 Å². The fourth-order valence-corrected chi connectivity index (χ4v) is 19.5. The summed E-state index contributed by atoms with van der Waals surface area (Å²) in [5.41, 5.74) is 42.4. The van der Waals surface area contributed by atoms with Crippen molar-refractivity contribution >= 4 is 34.1 Å². The van der Waals surface area contributed by atoms with Crippen LogP contribution < -0.4 is 9.80 Å². The second kappa shape index (κ2) is 33.8. The van der Waals surface area contributed by atoms with E-state index in [1.165, 1.54) is 134 Å². The standard InChI is InChI=1S/C67H47N.C57H43N/c1-7-21-48(22-8-1)50-35-37-51(38-36-50)52-39-41-58(42-40-52)68(66-62(53-25-11-3-12-26-53)45-55(49-23-9-2-10-24-49)46-63(66)54-27-13-4-14-28-54)59-43-44-61-60-33-19-20-34-64(60)67(65(61)47-59,56-29-15-5-16-30-56)57-31-17-6-18-32-57;1-57(2)54-26-16-15-25-50(54)51-36-35-49(39-55(51)57)58(48-33-31-44(32-34-48)43-29-27-42(28-30-43)40-17-7-3-8-18-40)56-52(45-21-11-5-12-22-45)37-47(41-19-9-4-10-20-41)38-53(56)46-23-13-6-14-24-46/h1-47H;3-39H,1-2H3. The summed E-state index contributed by atoms with van der Waals surface area (Å²) in [6, 6.07) is 186. The first-order valence-electron chi connectivity index (χ1n) is 43.7. The van der Waals surface area contributed by atoms with Gasteiger partial charge in [0.1, 0.15) is 0 Å². The molecule has 2 nitrogen and oxygen atoms in total. The molecule has 0 saturated heterocycles. The highest BCUT2D eigenvalue weighted by Gasteiger charge is 2.47. The molecule has 596 valence electrons. The number of anilines is 6. The van der Waals surface area contributed by atoms with Crippen LogP contribution in [0.5, 0.6) is 0 Å². The number of nitrogens with zero attached hydrogens (tertiary/aromatic N) is 2. The predicted octanol–water partition coefficient (Wildman–Crippen LogP) is 33.7. The first kappa shape index (κ1) is 77.3. The van der Waals surface area contributed by atoms with Gasteiger partial charge >= 0.3 is 0 Å². The van der Waals surface area contributed by atoms with Gasteiger partial charge in [0.25, 0.3) is 0 Å². The van der Waals surface area contributed by atoms with E-state index in [2.05, 4.69) is 533 Å². The van der Waals surface area contributed by atoms with Gasteiger partial charge in [0.15, 0.2) is 0 Å². The zero-order valence-corrected chi connectivity index (χ0v) is 70.4. The van der Waals surface area contributed by atoms with Crippen LogP contribution in [0, 0.1) is 0 Å². The molecule has 2 heteroatoms. The Labute approximate surface area is 739 Å². The SMILES string of the molecule is CC1(C)c2ccccc2-c2ccc(N(c3ccc(-c4ccc(-c5ccccc5)cc4)cc3)c3c(-c4ccccc4)cc(-c4ccccc4)cc3-c3ccccc3)cc21.c1ccc(-c2ccc(-c3ccc(N(c4ccc5c(c4)C(c4ccccc4)(c4ccccc4)c4ccccc4-5)c4c(-c5ccccc5)cc(-c5ccccc5)cc4-c4ccccc4)cc3)cc2)cc1. The predicted molar refractivity (Wildman–Crippen MR) is 531 cm³/mol. The molecule has 2 aliphatic rings. The van der Waals surface area contributed by atoms with Gasteiger partial charge in [-0.15, -0.1) is 0 Å². The fraction of sp³-hybridized carbons (Fsp3) is 0.0323. The molecular weight excluding hydrogens is 1520 g/mol. The van der Waals surface area contributed by atoms with Crippen LogP contribution in [0.25, 0.3) is 134 Å². The number of hydrogen-bond donors (Lipinski definition) is 0. The highest BCUT2D eigenvalue weighted by molar-refractivity contribution is 6.04. The van der Waals surface area contributed by atoms with E-state index >= 15 is 0 Å². The average molecular weight is 1610 g/mol. The van der Waals surface area contributed by atoms with E-state index in [0.717, 1.165) is 67.5 Å². The first-order chi connectivity index (χ1) is 62.3. The number of hydrogen-bond acceptors (Lipinski definition) is 2. The molecule has 0 unspecified atom stereocenters. The van der Waals surface area contributed by atoms with Gasteiger partial charge < -0.3 is 9.80 Å². The quantitative estimate of drug-likeness (QED) is 0.0845. The van der Waals surface area contributed by atoms with Gasteiger partial charge in [-0.2, -0.15) is 0 Å². The molecule has 0 radical (unpaired) electrons. The van der Waals surface area contributed by atoms with Gasteiger partial charge in [-0.05, 0) is 217 Å². The molecule has 0 aromatic heterocycles. The normalized spacial score (nSPS) is 12.3. The van der Waals surface area contributed by atoms with E-state index in [0.29, 0.717) is 0 Å². The summed E-state index contributed by atoms with van der Waals surface area (Å²) in [5, 5.41) is 0. The van der Waals surface area contributed by atoms with E-state index in [4.69, 9.17) is 0 Å². The van der Waals surface area contributed by atoms with Crippen molar-refractivity contribution in [2.24, 2.45) is 0 Å². The maximum atomic E-state index is 2.52. The molecule has 0 amide bonds. The van der Waals surface area contributed by atoms with E-state index < -0.39 is 5.41 Å². The minimum Gasteiger partial charge on any atom is -0.309 e. The Morgan fingerprint density at radius 3 is 0.675 bits per heavy atom. The Kier molecular flexibility index (Phi) is 20.7. The average Bonchev–Trinajstić information content (AvgIpc) is 1.54. The van der Waals surface area contributed by atoms with Crippen molar-refractivity contribution in [2.45, 2.75) is 24.7 Å². The molecular formula is C124H90N2. The molecule has 0 spiro atoms. The summed E-state index contributed by atoms with van der Waals surface area (Å²) in [7, 11) is 0. The smallest absolute Gasteiger partial charge is 0.0714 e. The van der Waals surface area contributed by atoms with E-state index in [1.807, 2.05) is 0 Å². The topological polar surface area (TPSA) is 6.48 Å². The van der Waals surface area contributed by atoms with E-state index in [9.17, 15) is 0 Å². The molecule has 0 atom stereocenters. The largest absolute Gasteiger partial charge is 0.309 e. The lowest BCUT2D eigenvalue weighted by molar-refractivity contribution is 0.660. The molecule has 0 aliphatic heterocycles. The monoisotopic (exact) mass is 1610 g/mol. The summed E-state index contributed by atoms with van der Waals surface area (Å²) in [6.07, 6.45) is 0. The third-order valence-electron chi connectivity index (χ3n) is 25.6. The van der Waals surface area contributed by atoms with Gasteiger partial charge in [-0.1, -0.05) is 451 Å². The highest BCUT2D eigenvalue weighted by Crippen LogP contribution is 2.60. The van der Waals surface area contributed by atoms with Crippen LogP contribution in [-0.2, 0) is 10.8 Å². The van der Waals surface area contributed by atoms with Crippen LogP contribution in [0.2, 0.25) is 0 Å². The highest BCUT2D eigenvalue weighted by atomic mass is 15.2. The fourth-order valence-electron chi connectivity index (χ4n) is 19.5. The maximum Gasteiger partial charge on any atom is 0.0714 e. The third-order valence-corrected chi connectivity index (χ3v) is 25.6. The zero-order chi connectivity index (χ0) is 84.3. The summed E-state index contributed by atoms with van der Waals surface area (Å²) in [4.78, 5) is 5.02. The minimum atomic E-state index is -0.562. The van der Waals surface area contributed by atoms with Gasteiger partial charge in [0.2, 0.25) is 0 Å². The second-order valence-corrected chi connectivity index (χ2v) is 33.3. The van der Waals surface area contributed by atoms with Gasteiger partial charge in [-0.25, -0.2) is 0 Å². The van der Waals surface area contributed by atoms with Crippen molar-refractivity contribution in [1.82, 2.24) is 0 Å². The Hall–Kier alpha value is -16.0. The Morgan fingerprint density at radius 1 is 0.143 bits per heavy atom. The van der Waals surface area contributed by atoms with Crippen molar-refractivity contribution in [3.05, 3.63) is 543 Å². The summed E-state index contributed by atoms with van der Waals surface area (Å²) in [6.45, 7) is 4.73. The van der Waals surface area contributed by atoms with Crippen LogP contribution in [0.3, 0.4) is 0 Å². The van der Waals surface area contributed by atoms with Crippen LogP contribution in [-0.4, -0.2) is 0 Å². The Bertz CT molecular complexity index is 7070. The molecule has 0 saturated carbocycles. The molecule has 0 bridgehead atoms. The molecule has 22 rings (SSSR count). The lowest BCUT2D eigenvalue weighted by Gasteiger charge is -2.35. The summed E-state index contributed by atoms with van der Waals surface area (Å²) in [5.74, 6) is 0. The summed E-state index contributed by atoms with van der Waals surface area (Å²) < 4.78 is 0. The molecule has 2 aliphatic carbocycles. The Balaban J connectivity index is 0.000000156. The molecule has 0 fully saturated rings. The minimum absolute atomic E-state index is 0.148. The third kappa shape index (κ3) is 14.5. The van der Waals surface area contributed by atoms with E-state index in [1.54, 1.807) is 0 Å². The first-order valence-corrected chi connectivity index (χ1v) is 43.7.